The van der Waals surface area contributed by atoms with Gasteiger partial charge in [0.25, 0.3) is 0 Å². The lowest BCUT2D eigenvalue weighted by molar-refractivity contribution is 0.125. The van der Waals surface area contributed by atoms with Gasteiger partial charge in [-0.15, -0.1) is 0 Å². The number of nitrogens with zero attached hydrogens (tertiary/aromatic N) is 2. The van der Waals surface area contributed by atoms with Crippen LogP contribution in [-0.4, -0.2) is 34.7 Å². The summed E-state index contributed by atoms with van der Waals surface area (Å²) in [5.41, 5.74) is 5.71. The van der Waals surface area contributed by atoms with Gasteiger partial charge in [-0.25, -0.2) is 0 Å². The number of benzene rings is 2. The van der Waals surface area contributed by atoms with Crippen molar-refractivity contribution in [2.45, 2.75) is 143 Å². The minimum absolute atomic E-state index is 0.0140. The van der Waals surface area contributed by atoms with Crippen molar-refractivity contribution >= 4 is 12.4 Å². The summed E-state index contributed by atoms with van der Waals surface area (Å²) in [6.07, 6.45) is 8.28. The highest BCUT2D eigenvalue weighted by Crippen LogP contribution is 2.45. The van der Waals surface area contributed by atoms with Gasteiger partial charge in [0.2, 0.25) is 0 Å². The molecule has 2 aromatic carbocycles. The van der Waals surface area contributed by atoms with Gasteiger partial charge in [-0.2, -0.15) is 0 Å². The van der Waals surface area contributed by atoms with Crippen LogP contribution >= 0.6 is 0 Å². The Labute approximate surface area is 255 Å². The van der Waals surface area contributed by atoms with E-state index in [9.17, 15) is 10.2 Å². The summed E-state index contributed by atoms with van der Waals surface area (Å²) in [4.78, 5) is 10.2. The fourth-order valence-electron chi connectivity index (χ4n) is 6.61. The number of phenolic OH excluding ortho intramolecular Hbond substituents is 2. The number of hydrogen-bond donors (Lipinski definition) is 2. The molecule has 3 aliphatic rings. The van der Waals surface area contributed by atoms with E-state index in [0.717, 1.165) is 35.1 Å². The van der Waals surface area contributed by atoms with Crippen molar-refractivity contribution in [1.29, 1.82) is 0 Å². The number of fused-ring (bicyclic) bond motifs is 3. The third kappa shape index (κ3) is 6.95. The van der Waals surface area contributed by atoms with Crippen molar-refractivity contribution in [2.75, 3.05) is 0 Å². The normalized spacial score (nSPS) is 23.8. The molecule has 4 heteroatoms. The predicted octanol–water partition coefficient (Wildman–Crippen LogP) is 9.38. The SMILES string of the molecule is CC(C)(C)c1cc(C=N[C@@H]2CC3CCC2C[C@H]3N=Cc2cc(C(C)(C)C)cc(C(C)(C)C)c2O)c(O)c(C(C)(C)C)c1. The largest absolute Gasteiger partial charge is 0.507 e. The summed E-state index contributed by atoms with van der Waals surface area (Å²) in [5, 5.41) is 22.5. The van der Waals surface area contributed by atoms with Crippen molar-refractivity contribution in [3.8, 4) is 11.5 Å². The first-order valence-electron chi connectivity index (χ1n) is 16.0. The molecule has 4 atom stereocenters. The van der Waals surface area contributed by atoms with Crippen LogP contribution in [0.3, 0.4) is 0 Å². The van der Waals surface area contributed by atoms with E-state index in [1.807, 2.05) is 12.4 Å². The maximum Gasteiger partial charge on any atom is 0.128 e. The van der Waals surface area contributed by atoms with Crippen molar-refractivity contribution in [3.63, 3.8) is 0 Å². The van der Waals surface area contributed by atoms with Gasteiger partial charge in [-0.05, 0) is 82.4 Å². The Hall–Kier alpha value is -2.62. The topological polar surface area (TPSA) is 65.2 Å². The zero-order valence-electron chi connectivity index (χ0n) is 28.4. The number of aliphatic imine (C=N–C) groups is 2. The van der Waals surface area contributed by atoms with Gasteiger partial charge in [-0.1, -0.05) is 95.2 Å². The third-order valence-corrected chi connectivity index (χ3v) is 9.52. The molecule has 0 spiro atoms. The third-order valence-electron chi connectivity index (χ3n) is 9.52. The van der Waals surface area contributed by atoms with Crippen LogP contribution in [0.1, 0.15) is 142 Å². The molecule has 3 fully saturated rings. The van der Waals surface area contributed by atoms with Gasteiger partial charge >= 0.3 is 0 Å². The second-order valence-corrected chi connectivity index (χ2v) is 17.2. The molecule has 3 saturated carbocycles. The monoisotopic (exact) mass is 572 g/mol. The van der Waals surface area contributed by atoms with Gasteiger partial charge < -0.3 is 10.2 Å². The van der Waals surface area contributed by atoms with Crippen LogP contribution < -0.4 is 0 Å². The molecule has 0 radical (unpaired) electrons. The van der Waals surface area contributed by atoms with E-state index in [4.69, 9.17) is 9.98 Å². The summed E-state index contributed by atoms with van der Waals surface area (Å²) in [7, 11) is 0. The molecule has 2 aromatic rings. The Morgan fingerprint density at radius 1 is 0.548 bits per heavy atom. The number of rotatable bonds is 4. The number of phenols is 2. The van der Waals surface area contributed by atoms with E-state index in [2.05, 4.69) is 107 Å². The molecule has 2 bridgehead atoms. The van der Waals surface area contributed by atoms with Gasteiger partial charge in [0.1, 0.15) is 11.5 Å². The van der Waals surface area contributed by atoms with Gasteiger partial charge in [-0.3, -0.25) is 9.98 Å². The van der Waals surface area contributed by atoms with Crippen LogP contribution in [0.4, 0.5) is 0 Å². The molecule has 0 aliphatic heterocycles. The molecule has 0 saturated heterocycles. The Bertz CT molecular complexity index is 1250. The van der Waals surface area contributed by atoms with Crippen LogP contribution in [0, 0.1) is 11.8 Å². The zero-order chi connectivity index (χ0) is 31.4. The van der Waals surface area contributed by atoms with E-state index in [-0.39, 0.29) is 33.7 Å². The molecular weight excluding hydrogens is 516 g/mol. The lowest BCUT2D eigenvalue weighted by atomic mass is 9.65. The van der Waals surface area contributed by atoms with E-state index < -0.39 is 0 Å². The maximum absolute atomic E-state index is 11.2. The highest BCUT2D eigenvalue weighted by molar-refractivity contribution is 5.86. The number of aromatic hydroxyl groups is 2. The molecule has 5 rings (SSSR count). The lowest BCUT2D eigenvalue weighted by Crippen LogP contribution is -2.42. The van der Waals surface area contributed by atoms with Crippen LogP contribution in [0.5, 0.6) is 11.5 Å². The van der Waals surface area contributed by atoms with Gasteiger partial charge in [0.05, 0.1) is 12.1 Å². The molecule has 2 unspecified atom stereocenters. The average molecular weight is 573 g/mol. The van der Waals surface area contributed by atoms with Gasteiger partial charge in [0, 0.05) is 34.7 Å². The fraction of sp³-hybridized carbons (Fsp3) is 0.632. The molecule has 0 heterocycles. The Balaban J connectivity index is 1.57. The Morgan fingerprint density at radius 3 is 1.14 bits per heavy atom. The molecule has 3 aliphatic carbocycles. The number of hydrogen-bond acceptors (Lipinski definition) is 4. The van der Waals surface area contributed by atoms with E-state index in [1.54, 1.807) is 0 Å². The molecule has 42 heavy (non-hydrogen) atoms. The second kappa shape index (κ2) is 11.1. The Kier molecular flexibility index (Phi) is 8.57. The zero-order valence-corrected chi connectivity index (χ0v) is 28.4. The van der Waals surface area contributed by atoms with Crippen LogP contribution in [-0.2, 0) is 21.7 Å². The van der Waals surface area contributed by atoms with Crippen LogP contribution in [0.2, 0.25) is 0 Å². The lowest BCUT2D eigenvalue weighted by Gasteiger charge is -2.44. The second-order valence-electron chi connectivity index (χ2n) is 17.2. The molecule has 0 aromatic heterocycles. The first kappa shape index (κ1) is 32.3. The minimum Gasteiger partial charge on any atom is -0.507 e. The smallest absolute Gasteiger partial charge is 0.128 e. The molecule has 2 N–H and O–H groups in total. The van der Waals surface area contributed by atoms with Crippen molar-refractivity contribution in [2.24, 2.45) is 21.8 Å². The minimum atomic E-state index is -0.155. The van der Waals surface area contributed by atoms with E-state index in [0.29, 0.717) is 23.3 Å². The summed E-state index contributed by atoms with van der Waals surface area (Å²) < 4.78 is 0. The van der Waals surface area contributed by atoms with E-state index >= 15 is 0 Å². The van der Waals surface area contributed by atoms with Crippen LogP contribution in [0.15, 0.2) is 34.3 Å². The standard InChI is InChI=1S/C38H56N2O2/c1-35(2,3)27-15-25(33(41)29(19-27)37(7,8)9)21-39-31-17-24-14-13-23(31)18-32(24)40-22-26-16-28(36(4,5)6)20-30(34(26)42)38(10,11)12/h15-16,19-24,31-32,41-42H,13-14,17-18H2,1-12H3/t23?,24?,31-,32-/m1/s1. The summed E-state index contributed by atoms with van der Waals surface area (Å²) >= 11 is 0. The Morgan fingerprint density at radius 2 is 0.881 bits per heavy atom. The highest BCUT2D eigenvalue weighted by Gasteiger charge is 2.41. The van der Waals surface area contributed by atoms with Crippen molar-refractivity contribution < 1.29 is 10.2 Å². The van der Waals surface area contributed by atoms with Gasteiger partial charge in [0.15, 0.2) is 0 Å². The van der Waals surface area contributed by atoms with Crippen molar-refractivity contribution in [1.82, 2.24) is 0 Å². The average Bonchev–Trinajstić information content (AvgIpc) is 2.85. The maximum atomic E-state index is 11.2. The quantitative estimate of drug-likeness (QED) is 0.358. The molecule has 230 valence electrons. The van der Waals surface area contributed by atoms with E-state index in [1.165, 1.54) is 24.0 Å². The van der Waals surface area contributed by atoms with Crippen LogP contribution in [0.25, 0.3) is 0 Å². The first-order chi connectivity index (χ1) is 19.2. The highest BCUT2D eigenvalue weighted by atomic mass is 16.3. The molecule has 4 nitrogen and oxygen atoms in total. The predicted molar refractivity (Wildman–Crippen MR) is 179 cm³/mol. The molecular formula is C38H56N2O2. The van der Waals surface area contributed by atoms with Crippen molar-refractivity contribution in [3.05, 3.63) is 57.6 Å². The summed E-state index contributed by atoms with van der Waals surface area (Å²) in [6.45, 7) is 26.2. The molecule has 0 amide bonds. The first-order valence-corrected chi connectivity index (χ1v) is 16.0. The summed E-state index contributed by atoms with van der Waals surface area (Å²) in [5.74, 6) is 1.69. The summed E-state index contributed by atoms with van der Waals surface area (Å²) in [6, 6.07) is 9.08. The fourth-order valence-corrected chi connectivity index (χ4v) is 6.61.